The first-order valence-corrected chi connectivity index (χ1v) is 6.59. The van der Waals surface area contributed by atoms with E-state index in [1.807, 2.05) is 6.92 Å². The highest BCUT2D eigenvalue weighted by atomic mass is 35.5. The van der Waals surface area contributed by atoms with Crippen molar-refractivity contribution < 1.29 is 4.39 Å². The summed E-state index contributed by atoms with van der Waals surface area (Å²) in [5, 5.41) is 3.56. The van der Waals surface area contributed by atoms with Gasteiger partial charge in [0, 0.05) is 11.3 Å². The third-order valence-electron chi connectivity index (χ3n) is 2.58. The van der Waals surface area contributed by atoms with E-state index in [0.29, 0.717) is 16.7 Å². The zero-order valence-corrected chi connectivity index (χ0v) is 11.8. The largest absolute Gasteiger partial charge is 0.340 e. The highest BCUT2D eigenvalue weighted by Gasteiger charge is 2.10. The van der Waals surface area contributed by atoms with E-state index in [0.717, 1.165) is 18.4 Å². The van der Waals surface area contributed by atoms with Crippen molar-refractivity contribution in [2.24, 2.45) is 0 Å². The molecular formula is C13H12Cl2FN3. The zero-order chi connectivity index (χ0) is 13.8. The Morgan fingerprint density at radius 1 is 1.26 bits per heavy atom. The van der Waals surface area contributed by atoms with Gasteiger partial charge < -0.3 is 5.32 Å². The van der Waals surface area contributed by atoms with Crippen LogP contribution < -0.4 is 5.32 Å². The second-order valence-corrected chi connectivity index (χ2v) is 4.76. The summed E-state index contributed by atoms with van der Waals surface area (Å²) in [6.45, 7) is 2.04. The Hall–Kier alpha value is -1.39. The summed E-state index contributed by atoms with van der Waals surface area (Å²) >= 11 is 11.8. The molecule has 0 aliphatic heterocycles. The van der Waals surface area contributed by atoms with Crippen molar-refractivity contribution in [1.29, 1.82) is 0 Å². The van der Waals surface area contributed by atoms with Crippen LogP contribution >= 0.6 is 23.2 Å². The highest BCUT2D eigenvalue weighted by molar-refractivity contribution is 6.31. The standard InChI is InChI=1S/C13H12Cl2FN3/c1-2-3-9-12(15)17-7-18-13(9)19-8-4-5-11(16)10(14)6-8/h4-7H,2-3H2,1H3,(H,17,18,19). The smallest absolute Gasteiger partial charge is 0.141 e. The topological polar surface area (TPSA) is 37.8 Å². The maximum Gasteiger partial charge on any atom is 0.141 e. The fourth-order valence-electron chi connectivity index (χ4n) is 1.68. The summed E-state index contributed by atoms with van der Waals surface area (Å²) in [7, 11) is 0. The van der Waals surface area contributed by atoms with Gasteiger partial charge in [0.05, 0.1) is 5.02 Å². The summed E-state index contributed by atoms with van der Waals surface area (Å²) < 4.78 is 13.1. The van der Waals surface area contributed by atoms with E-state index in [2.05, 4.69) is 15.3 Å². The first kappa shape index (κ1) is 14.0. The Morgan fingerprint density at radius 2 is 2.05 bits per heavy atom. The van der Waals surface area contributed by atoms with Crippen LogP contribution in [0, 0.1) is 5.82 Å². The first-order valence-electron chi connectivity index (χ1n) is 5.83. The van der Waals surface area contributed by atoms with E-state index in [-0.39, 0.29) is 5.02 Å². The summed E-state index contributed by atoms with van der Waals surface area (Å²) in [4.78, 5) is 8.12. The maximum atomic E-state index is 13.1. The van der Waals surface area contributed by atoms with E-state index in [1.165, 1.54) is 18.5 Å². The number of anilines is 2. The Balaban J connectivity index is 2.32. The summed E-state index contributed by atoms with van der Waals surface area (Å²) in [5.74, 6) is 0.159. The van der Waals surface area contributed by atoms with Gasteiger partial charge in [-0.2, -0.15) is 0 Å². The van der Waals surface area contributed by atoms with E-state index in [1.54, 1.807) is 6.07 Å². The van der Waals surface area contributed by atoms with Crippen LogP contribution in [-0.4, -0.2) is 9.97 Å². The molecule has 0 aliphatic rings. The Bertz CT molecular complexity index is 590. The van der Waals surface area contributed by atoms with Gasteiger partial charge in [0.2, 0.25) is 0 Å². The Morgan fingerprint density at radius 3 is 2.74 bits per heavy atom. The molecule has 0 atom stereocenters. The predicted octanol–water partition coefficient (Wildman–Crippen LogP) is 4.62. The molecule has 0 unspecified atom stereocenters. The minimum atomic E-state index is -0.457. The van der Waals surface area contributed by atoms with Gasteiger partial charge in [0.1, 0.15) is 23.1 Å². The molecule has 6 heteroatoms. The SMILES string of the molecule is CCCc1c(Cl)ncnc1Nc1ccc(F)c(Cl)c1. The van der Waals surface area contributed by atoms with Crippen LogP contribution in [-0.2, 0) is 6.42 Å². The summed E-state index contributed by atoms with van der Waals surface area (Å²) in [6.07, 6.45) is 3.07. The van der Waals surface area contributed by atoms with E-state index in [9.17, 15) is 4.39 Å². The molecule has 1 heterocycles. The number of hydrogen-bond donors (Lipinski definition) is 1. The molecule has 1 N–H and O–H groups in total. The summed E-state index contributed by atoms with van der Waals surface area (Å²) in [5.41, 5.74) is 1.49. The maximum absolute atomic E-state index is 13.1. The fraction of sp³-hybridized carbons (Fsp3) is 0.231. The average Bonchev–Trinajstić information content (AvgIpc) is 2.38. The molecule has 0 bridgehead atoms. The van der Waals surface area contributed by atoms with Gasteiger partial charge in [-0.05, 0) is 24.6 Å². The lowest BCUT2D eigenvalue weighted by molar-refractivity contribution is 0.628. The van der Waals surface area contributed by atoms with Crippen molar-refractivity contribution in [3.05, 3.63) is 46.1 Å². The van der Waals surface area contributed by atoms with Crippen LogP contribution in [0.5, 0.6) is 0 Å². The van der Waals surface area contributed by atoms with Gasteiger partial charge in [0.15, 0.2) is 0 Å². The Labute approximate surface area is 120 Å². The monoisotopic (exact) mass is 299 g/mol. The molecule has 0 amide bonds. The van der Waals surface area contributed by atoms with Crippen molar-refractivity contribution in [3.63, 3.8) is 0 Å². The second-order valence-electron chi connectivity index (χ2n) is 4.00. The van der Waals surface area contributed by atoms with E-state index < -0.39 is 5.82 Å². The zero-order valence-electron chi connectivity index (χ0n) is 10.3. The number of benzene rings is 1. The van der Waals surface area contributed by atoms with Crippen LogP contribution in [0.3, 0.4) is 0 Å². The molecule has 2 rings (SSSR count). The second kappa shape index (κ2) is 6.17. The van der Waals surface area contributed by atoms with Gasteiger partial charge in [-0.1, -0.05) is 36.5 Å². The normalized spacial score (nSPS) is 10.5. The molecule has 0 spiro atoms. The van der Waals surface area contributed by atoms with Crippen molar-refractivity contribution in [2.75, 3.05) is 5.32 Å². The van der Waals surface area contributed by atoms with E-state index >= 15 is 0 Å². The lowest BCUT2D eigenvalue weighted by Crippen LogP contribution is -2.01. The lowest BCUT2D eigenvalue weighted by Gasteiger charge is -2.11. The summed E-state index contributed by atoms with van der Waals surface area (Å²) in [6, 6.07) is 4.39. The van der Waals surface area contributed by atoms with Crippen molar-refractivity contribution in [1.82, 2.24) is 9.97 Å². The van der Waals surface area contributed by atoms with Crippen LogP contribution in [0.15, 0.2) is 24.5 Å². The molecule has 3 nitrogen and oxygen atoms in total. The van der Waals surface area contributed by atoms with Gasteiger partial charge in [-0.15, -0.1) is 0 Å². The van der Waals surface area contributed by atoms with Crippen molar-refractivity contribution >= 4 is 34.7 Å². The molecule has 0 radical (unpaired) electrons. The van der Waals surface area contributed by atoms with Crippen LogP contribution in [0.4, 0.5) is 15.9 Å². The highest BCUT2D eigenvalue weighted by Crippen LogP contribution is 2.26. The van der Waals surface area contributed by atoms with Gasteiger partial charge >= 0.3 is 0 Å². The molecule has 0 fully saturated rings. The van der Waals surface area contributed by atoms with Gasteiger partial charge in [-0.3, -0.25) is 0 Å². The van der Waals surface area contributed by atoms with Crippen LogP contribution in [0.25, 0.3) is 0 Å². The Kier molecular flexibility index (Phi) is 4.56. The van der Waals surface area contributed by atoms with Crippen molar-refractivity contribution in [2.45, 2.75) is 19.8 Å². The van der Waals surface area contributed by atoms with E-state index in [4.69, 9.17) is 23.2 Å². The molecule has 1 aromatic carbocycles. The molecule has 100 valence electrons. The lowest BCUT2D eigenvalue weighted by atomic mass is 10.2. The molecule has 0 saturated heterocycles. The van der Waals surface area contributed by atoms with Crippen LogP contribution in [0.1, 0.15) is 18.9 Å². The van der Waals surface area contributed by atoms with Crippen LogP contribution in [0.2, 0.25) is 10.2 Å². The molecule has 2 aromatic rings. The third kappa shape index (κ3) is 3.33. The number of nitrogens with one attached hydrogen (secondary N) is 1. The molecule has 1 aromatic heterocycles. The third-order valence-corrected chi connectivity index (χ3v) is 3.19. The van der Waals surface area contributed by atoms with Crippen molar-refractivity contribution in [3.8, 4) is 0 Å². The number of nitrogens with zero attached hydrogens (tertiary/aromatic N) is 2. The molecular weight excluding hydrogens is 288 g/mol. The minimum absolute atomic E-state index is 0.0576. The van der Waals surface area contributed by atoms with Gasteiger partial charge in [0.25, 0.3) is 0 Å². The molecule has 0 aliphatic carbocycles. The fourth-order valence-corrected chi connectivity index (χ4v) is 2.09. The molecule has 0 saturated carbocycles. The quantitative estimate of drug-likeness (QED) is 0.837. The number of halogens is 3. The van der Waals surface area contributed by atoms with Gasteiger partial charge in [-0.25, -0.2) is 14.4 Å². The predicted molar refractivity (Wildman–Crippen MR) is 75.7 cm³/mol. The molecule has 19 heavy (non-hydrogen) atoms. The average molecular weight is 300 g/mol. The number of aromatic nitrogens is 2. The minimum Gasteiger partial charge on any atom is -0.340 e. The number of hydrogen-bond acceptors (Lipinski definition) is 3. The first-order chi connectivity index (χ1) is 9.11. The number of rotatable bonds is 4.